The van der Waals surface area contributed by atoms with Gasteiger partial charge in [0, 0.05) is 19.0 Å². The molecule has 0 bridgehead atoms. The van der Waals surface area contributed by atoms with Crippen LogP contribution in [0.2, 0.25) is 0 Å². The smallest absolute Gasteiger partial charge is 0.462 e. The number of anilines is 1. The summed E-state index contributed by atoms with van der Waals surface area (Å²) in [6, 6.07) is 1.24. The summed E-state index contributed by atoms with van der Waals surface area (Å²) in [6.45, 7) is 4.08. The van der Waals surface area contributed by atoms with Crippen LogP contribution in [-0.4, -0.2) is 96.9 Å². The van der Waals surface area contributed by atoms with Crippen LogP contribution in [0.3, 0.4) is 0 Å². The zero-order valence-corrected chi connectivity index (χ0v) is 40.3. The third-order valence-corrected chi connectivity index (χ3v) is 12.5. The van der Waals surface area contributed by atoms with Gasteiger partial charge in [-0.2, -0.15) is 9.29 Å². The van der Waals surface area contributed by atoms with E-state index in [1.807, 2.05) is 36.5 Å². The molecule has 2 rings (SSSR count). The van der Waals surface area contributed by atoms with Crippen molar-refractivity contribution < 1.29 is 71.4 Å². The second-order valence-electron chi connectivity index (χ2n) is 16.2. The van der Waals surface area contributed by atoms with Gasteiger partial charge in [-0.15, -0.1) is 0 Å². The molecule has 0 saturated carbocycles. The average molecular weight is 974 g/mol. The van der Waals surface area contributed by atoms with Crippen molar-refractivity contribution >= 4 is 33.4 Å². The molecule has 0 spiro atoms. The number of esters is 2. The first-order chi connectivity index (χ1) is 31.4. The number of carbonyl (C=O) groups excluding carboxylic acids is 2. The van der Waals surface area contributed by atoms with Gasteiger partial charge in [0.25, 0.3) is 0 Å². The summed E-state index contributed by atoms with van der Waals surface area (Å²) in [6.07, 6.45) is 23.9. The Hall–Kier alpha value is -3.58. The number of nitrogens with zero attached hydrogens (tertiary/aromatic N) is 2. The lowest BCUT2D eigenvalue weighted by Crippen LogP contribution is -2.36. The Labute approximate surface area is 388 Å². The number of phosphoric ester groups is 2. The number of nitrogen functional groups attached to an aromatic ring is 1. The van der Waals surface area contributed by atoms with Crippen molar-refractivity contribution in [2.24, 2.45) is 5.92 Å². The first kappa shape index (κ1) is 58.5. The summed E-state index contributed by atoms with van der Waals surface area (Å²) >= 11 is 0. The van der Waals surface area contributed by atoms with Gasteiger partial charge in [0.2, 0.25) is 0 Å². The van der Waals surface area contributed by atoms with Crippen molar-refractivity contribution in [3.8, 4) is 0 Å². The third kappa shape index (κ3) is 26.7. The van der Waals surface area contributed by atoms with Crippen LogP contribution in [0.4, 0.5) is 5.82 Å². The number of rotatable bonds is 35. The molecule has 19 nitrogen and oxygen atoms in total. The molecular weight excluding hydrogens is 900 g/mol. The Bertz CT molecular complexity index is 1870. The topological polar surface area (TPSA) is 286 Å². The van der Waals surface area contributed by atoms with Crippen LogP contribution >= 0.6 is 15.6 Å². The van der Waals surface area contributed by atoms with Gasteiger partial charge >= 0.3 is 33.3 Å². The predicted octanol–water partition coefficient (Wildman–Crippen LogP) is 7.21. The second kappa shape index (κ2) is 33.0. The van der Waals surface area contributed by atoms with E-state index in [1.165, 1.54) is 25.3 Å². The predicted molar refractivity (Wildman–Crippen MR) is 248 cm³/mol. The maximum Gasteiger partial charge on any atom is 0.481 e. The van der Waals surface area contributed by atoms with Crippen molar-refractivity contribution in [1.82, 2.24) is 9.55 Å². The van der Waals surface area contributed by atoms with E-state index in [1.54, 1.807) is 12.2 Å². The maximum atomic E-state index is 12.8. The largest absolute Gasteiger partial charge is 0.481 e. The molecule has 1 aromatic heterocycles. The quantitative estimate of drug-likeness (QED) is 0.0129. The number of hydrogen-bond acceptors (Lipinski definition) is 16. The van der Waals surface area contributed by atoms with E-state index < -0.39 is 89.8 Å². The Morgan fingerprint density at radius 2 is 1.50 bits per heavy atom. The molecule has 21 heteroatoms. The Balaban J connectivity index is 1.88. The fourth-order valence-corrected chi connectivity index (χ4v) is 8.43. The molecule has 0 radical (unpaired) electrons. The molecule has 66 heavy (non-hydrogen) atoms. The number of carbonyl (C=O) groups is 2. The van der Waals surface area contributed by atoms with Gasteiger partial charge in [0.15, 0.2) is 12.3 Å². The Morgan fingerprint density at radius 1 is 0.848 bits per heavy atom. The van der Waals surface area contributed by atoms with Crippen LogP contribution in [0.15, 0.2) is 77.8 Å². The molecule has 1 aromatic rings. The number of allylic oxidation sites excluding steroid dienone is 8. The molecule has 0 aliphatic carbocycles. The minimum absolute atomic E-state index is 0.0624. The lowest BCUT2D eigenvalue weighted by atomic mass is 10.0. The standard InChI is InChI=1S/C45H73N3O16P2/c1-4-5-6-7-16-21-26-36(49)27-22-17-12-8-9-13-19-24-29-41(51)62-37(32-59-40(50)28-23-18-14-10-11-15-20-25-35(2)3)33-60-65(55,56)64-66(57,58)61-34-38-42(52)43(53)44(63-38)48-31-30-39(46)47-45(48)54/h5-6,9,12-13,16-17,21-22,27,30-31,35-38,42-44,49,52-53H,4,7-8,10-11,14-15,18-20,23-26,28-29,32-34H2,1-3H3,(H,55,56)(H,57,58)(H2,46,47,54)/b6-5-,13-9-,17-12-,21-16-,27-22+/t36?,37-,38-,42-,43-,44-/m1/s1. The Kier molecular flexibility index (Phi) is 29.3. The molecule has 1 aliphatic rings. The molecule has 1 saturated heterocycles. The van der Waals surface area contributed by atoms with E-state index in [4.69, 9.17) is 29.0 Å². The number of aliphatic hydroxyl groups excluding tert-OH is 3. The van der Waals surface area contributed by atoms with Crippen molar-refractivity contribution in [1.29, 1.82) is 0 Å². The lowest BCUT2D eigenvalue weighted by molar-refractivity contribution is -0.161. The first-order valence-corrected chi connectivity index (χ1v) is 25.8. The lowest BCUT2D eigenvalue weighted by Gasteiger charge is -2.21. The summed E-state index contributed by atoms with van der Waals surface area (Å²) in [5, 5.41) is 30.9. The van der Waals surface area contributed by atoms with Crippen molar-refractivity contribution in [3.05, 3.63) is 83.5 Å². The Morgan fingerprint density at radius 3 is 2.21 bits per heavy atom. The second-order valence-corrected chi connectivity index (χ2v) is 19.2. The molecule has 1 fully saturated rings. The van der Waals surface area contributed by atoms with Gasteiger partial charge in [-0.1, -0.05) is 126 Å². The molecule has 8 atom stereocenters. The van der Waals surface area contributed by atoms with Gasteiger partial charge in [-0.3, -0.25) is 23.2 Å². The van der Waals surface area contributed by atoms with E-state index in [0.717, 1.165) is 49.3 Å². The molecule has 3 unspecified atom stereocenters. The van der Waals surface area contributed by atoms with Crippen molar-refractivity contribution in [2.45, 2.75) is 160 Å². The summed E-state index contributed by atoms with van der Waals surface area (Å²) < 4.78 is 56.4. The number of aliphatic hydroxyl groups is 3. The maximum absolute atomic E-state index is 12.8. The van der Waals surface area contributed by atoms with Gasteiger partial charge < -0.3 is 45.1 Å². The zero-order valence-electron chi connectivity index (χ0n) is 38.5. The van der Waals surface area contributed by atoms with Crippen LogP contribution < -0.4 is 11.4 Å². The van der Waals surface area contributed by atoms with Crippen LogP contribution in [0, 0.1) is 5.92 Å². The molecule has 0 aromatic carbocycles. The van der Waals surface area contributed by atoms with E-state index >= 15 is 0 Å². The van der Waals surface area contributed by atoms with Crippen molar-refractivity contribution in [3.63, 3.8) is 0 Å². The summed E-state index contributed by atoms with van der Waals surface area (Å²) in [5.74, 6) is -0.734. The highest BCUT2D eigenvalue weighted by Gasteiger charge is 2.46. The van der Waals surface area contributed by atoms with Crippen LogP contribution in [-0.2, 0) is 46.3 Å². The molecule has 1 aliphatic heterocycles. The first-order valence-electron chi connectivity index (χ1n) is 22.8. The van der Waals surface area contributed by atoms with Gasteiger partial charge in [0.1, 0.15) is 30.7 Å². The highest BCUT2D eigenvalue weighted by Crippen LogP contribution is 2.60. The number of hydrogen-bond donors (Lipinski definition) is 6. The minimum atomic E-state index is -5.44. The summed E-state index contributed by atoms with van der Waals surface area (Å²) in [5.41, 5.74) is 4.56. The van der Waals surface area contributed by atoms with E-state index in [2.05, 4.69) is 42.2 Å². The summed E-state index contributed by atoms with van der Waals surface area (Å²) in [7, 11) is -10.9. The molecule has 374 valence electrons. The number of phosphoric acid groups is 2. The number of unbranched alkanes of at least 4 members (excludes halogenated alkanes) is 7. The number of ether oxygens (including phenoxy) is 3. The fourth-order valence-electron chi connectivity index (χ4n) is 6.32. The van der Waals surface area contributed by atoms with E-state index in [0.29, 0.717) is 38.0 Å². The number of nitrogens with two attached hydrogens (primary N) is 1. The van der Waals surface area contributed by atoms with Crippen LogP contribution in [0.5, 0.6) is 0 Å². The van der Waals surface area contributed by atoms with Crippen LogP contribution in [0.25, 0.3) is 0 Å². The molecule has 7 N–H and O–H groups in total. The van der Waals surface area contributed by atoms with Gasteiger partial charge in [-0.25, -0.2) is 13.9 Å². The monoisotopic (exact) mass is 973 g/mol. The van der Waals surface area contributed by atoms with Crippen LogP contribution in [0.1, 0.15) is 130 Å². The summed E-state index contributed by atoms with van der Waals surface area (Å²) in [4.78, 5) is 61.6. The fraction of sp³-hybridized carbons (Fsp3) is 0.644. The van der Waals surface area contributed by atoms with Gasteiger partial charge in [-0.05, 0) is 56.9 Å². The zero-order chi connectivity index (χ0) is 48.8. The van der Waals surface area contributed by atoms with Gasteiger partial charge in [0.05, 0.1) is 19.3 Å². The average Bonchev–Trinajstić information content (AvgIpc) is 3.53. The van der Waals surface area contributed by atoms with E-state index in [9.17, 15) is 48.6 Å². The normalized spacial score (nSPS) is 20.8. The van der Waals surface area contributed by atoms with Crippen molar-refractivity contribution in [2.75, 3.05) is 25.6 Å². The number of aromatic nitrogens is 2. The SMILES string of the molecule is CC/C=C\C/C=C\CC(O)/C=C/C=C\C/C=C\CCCC(=O)O[C@H](COC(=O)CCCCCCCCCC(C)C)COP(=O)(O)OP(=O)(O)OC[C@H]1O[C@@H](n2ccc(N)nc2=O)[C@H](O)[C@@H]1O. The van der Waals surface area contributed by atoms with E-state index in [-0.39, 0.29) is 18.7 Å². The highest BCUT2D eigenvalue weighted by atomic mass is 31.3. The third-order valence-electron chi connectivity index (χ3n) is 9.88. The minimum Gasteiger partial charge on any atom is -0.462 e. The molecule has 2 heterocycles. The molecular formula is C45H73N3O16P2. The molecule has 0 amide bonds. The highest BCUT2D eigenvalue weighted by molar-refractivity contribution is 7.61.